The van der Waals surface area contributed by atoms with Gasteiger partial charge in [-0.1, -0.05) is 23.8 Å². The largest absolute Gasteiger partial charge is 0.462 e. The van der Waals surface area contributed by atoms with Gasteiger partial charge in [0.05, 0.1) is 0 Å². The van der Waals surface area contributed by atoms with Crippen molar-refractivity contribution < 1.29 is 32.2 Å². The zero-order valence-corrected chi connectivity index (χ0v) is 16.1. The summed E-state index contributed by atoms with van der Waals surface area (Å²) in [6, 6.07) is 5.84. The van der Waals surface area contributed by atoms with Gasteiger partial charge in [-0.25, -0.2) is 4.79 Å². The van der Waals surface area contributed by atoms with Crippen molar-refractivity contribution >= 4 is 12.1 Å². The van der Waals surface area contributed by atoms with Crippen LogP contribution in [0.2, 0.25) is 0 Å². The van der Waals surface area contributed by atoms with Crippen molar-refractivity contribution in [3.63, 3.8) is 0 Å². The van der Waals surface area contributed by atoms with E-state index in [0.29, 0.717) is 38.5 Å². The molecule has 156 valence electrons. The normalized spacial score (nSPS) is 19.8. The lowest BCUT2D eigenvalue weighted by atomic mass is 9.93. The molecule has 0 bridgehead atoms. The Balaban J connectivity index is 1.66. The minimum absolute atomic E-state index is 0.226. The van der Waals surface area contributed by atoms with Crippen molar-refractivity contribution in [1.82, 2.24) is 5.32 Å². The Morgan fingerprint density at radius 2 is 1.82 bits per heavy atom. The number of aryl methyl sites for hydroxylation is 3. The van der Waals surface area contributed by atoms with Crippen molar-refractivity contribution in [1.29, 1.82) is 0 Å². The maximum atomic E-state index is 12.1. The molecule has 1 aromatic carbocycles. The number of hydrogen-bond donors (Lipinski definition) is 1. The van der Waals surface area contributed by atoms with Gasteiger partial charge in [-0.15, -0.1) is 0 Å². The molecule has 1 aliphatic rings. The summed E-state index contributed by atoms with van der Waals surface area (Å²) in [5.41, 5.74) is 3.45. The number of carbonyl (C=O) groups excluding carboxylic acids is 2. The maximum absolute atomic E-state index is 12.1. The van der Waals surface area contributed by atoms with Crippen LogP contribution in [-0.4, -0.2) is 37.0 Å². The summed E-state index contributed by atoms with van der Waals surface area (Å²) < 4.78 is 45.7. The molecule has 1 amide bonds. The highest BCUT2D eigenvalue weighted by Crippen LogP contribution is 2.23. The number of carbonyl (C=O) groups is 2. The number of ether oxygens (including phenoxy) is 2. The average molecular weight is 401 g/mol. The number of esters is 1. The van der Waals surface area contributed by atoms with Crippen LogP contribution in [0.4, 0.5) is 18.0 Å². The summed E-state index contributed by atoms with van der Waals surface area (Å²) in [5.74, 6) is -0.263. The first kappa shape index (κ1) is 22.0. The lowest BCUT2D eigenvalue weighted by Crippen LogP contribution is -2.40. The van der Waals surface area contributed by atoms with Crippen LogP contribution in [0, 0.1) is 13.8 Å². The van der Waals surface area contributed by atoms with Crippen LogP contribution in [-0.2, 0) is 20.7 Å². The predicted octanol–water partition coefficient (Wildman–Crippen LogP) is 4.38. The fourth-order valence-electron chi connectivity index (χ4n) is 3.29. The predicted molar refractivity (Wildman–Crippen MR) is 96.9 cm³/mol. The second kappa shape index (κ2) is 9.80. The molecule has 0 heterocycles. The number of amides is 1. The van der Waals surface area contributed by atoms with Gasteiger partial charge in [0.25, 0.3) is 0 Å². The van der Waals surface area contributed by atoms with Gasteiger partial charge >= 0.3 is 18.2 Å². The van der Waals surface area contributed by atoms with Crippen molar-refractivity contribution in [2.24, 2.45) is 0 Å². The Morgan fingerprint density at radius 3 is 2.43 bits per heavy atom. The molecule has 0 spiro atoms. The zero-order chi connectivity index (χ0) is 20.7. The van der Waals surface area contributed by atoms with Crippen LogP contribution in [0.1, 0.15) is 48.8 Å². The number of hydrogen-bond acceptors (Lipinski definition) is 4. The number of alkyl carbamates (subject to hydrolysis) is 1. The molecule has 5 nitrogen and oxygen atoms in total. The third-order valence-corrected chi connectivity index (χ3v) is 4.76. The summed E-state index contributed by atoms with van der Waals surface area (Å²) in [5, 5.41) is 2.42. The van der Waals surface area contributed by atoms with Crippen molar-refractivity contribution in [2.45, 2.75) is 70.7 Å². The average Bonchev–Trinajstić information content (AvgIpc) is 2.60. The SMILES string of the molecule is Cc1ccc(CCC(=O)OC2CCC(NC(=O)OCC(F)(F)F)CC2)c(C)c1. The molecule has 0 radical (unpaired) electrons. The quantitative estimate of drug-likeness (QED) is 0.719. The third-order valence-electron chi connectivity index (χ3n) is 4.76. The molecule has 1 aliphatic carbocycles. The fraction of sp³-hybridized carbons (Fsp3) is 0.600. The van der Waals surface area contributed by atoms with Gasteiger partial charge in [-0.3, -0.25) is 4.79 Å². The van der Waals surface area contributed by atoms with Gasteiger partial charge in [0.2, 0.25) is 0 Å². The Kier molecular flexibility index (Phi) is 7.71. The molecule has 0 atom stereocenters. The summed E-state index contributed by atoms with van der Waals surface area (Å²) >= 11 is 0. The molecule has 1 N–H and O–H groups in total. The molecule has 1 fully saturated rings. The smallest absolute Gasteiger partial charge is 0.422 e. The van der Waals surface area contributed by atoms with Crippen molar-refractivity contribution in [2.75, 3.05) is 6.61 Å². The lowest BCUT2D eigenvalue weighted by molar-refractivity contribution is -0.160. The van der Waals surface area contributed by atoms with E-state index in [-0.39, 0.29) is 18.1 Å². The summed E-state index contributed by atoms with van der Waals surface area (Å²) in [6.07, 6.45) is -2.77. The molecule has 0 saturated heterocycles. The first-order valence-electron chi connectivity index (χ1n) is 9.38. The first-order valence-corrected chi connectivity index (χ1v) is 9.38. The third kappa shape index (κ3) is 7.78. The summed E-state index contributed by atoms with van der Waals surface area (Å²) in [7, 11) is 0. The molecular formula is C20H26F3NO4. The van der Waals surface area contributed by atoms with E-state index in [9.17, 15) is 22.8 Å². The van der Waals surface area contributed by atoms with E-state index in [1.54, 1.807) is 0 Å². The number of alkyl halides is 3. The number of benzene rings is 1. The molecule has 8 heteroatoms. The Labute approximate surface area is 162 Å². The fourth-order valence-corrected chi connectivity index (χ4v) is 3.29. The van der Waals surface area contributed by atoms with E-state index in [1.165, 1.54) is 5.56 Å². The van der Waals surface area contributed by atoms with E-state index in [4.69, 9.17) is 4.74 Å². The maximum Gasteiger partial charge on any atom is 0.422 e. The number of rotatable bonds is 6. The van der Waals surface area contributed by atoms with Crippen LogP contribution in [0.25, 0.3) is 0 Å². The van der Waals surface area contributed by atoms with E-state index in [0.717, 1.165) is 11.1 Å². The van der Waals surface area contributed by atoms with Gasteiger partial charge in [0.1, 0.15) is 6.10 Å². The molecule has 0 unspecified atom stereocenters. The highest BCUT2D eigenvalue weighted by molar-refractivity contribution is 5.70. The van der Waals surface area contributed by atoms with Gasteiger partial charge in [-0.05, 0) is 57.1 Å². The van der Waals surface area contributed by atoms with Gasteiger partial charge in [0, 0.05) is 12.5 Å². The topological polar surface area (TPSA) is 64.6 Å². The van der Waals surface area contributed by atoms with Crippen LogP contribution in [0.15, 0.2) is 18.2 Å². The van der Waals surface area contributed by atoms with E-state index < -0.39 is 18.9 Å². The summed E-state index contributed by atoms with van der Waals surface area (Å²) in [4.78, 5) is 23.4. The van der Waals surface area contributed by atoms with Crippen LogP contribution >= 0.6 is 0 Å². The summed E-state index contributed by atoms with van der Waals surface area (Å²) in [6.45, 7) is 2.43. The molecule has 1 aromatic rings. The molecule has 1 saturated carbocycles. The zero-order valence-electron chi connectivity index (χ0n) is 16.1. The minimum Gasteiger partial charge on any atom is -0.462 e. The lowest BCUT2D eigenvalue weighted by Gasteiger charge is -2.28. The van der Waals surface area contributed by atoms with Crippen molar-refractivity contribution in [3.05, 3.63) is 34.9 Å². The highest BCUT2D eigenvalue weighted by Gasteiger charge is 2.31. The number of halogens is 3. The Hall–Kier alpha value is -2.25. The second-order valence-electron chi connectivity index (χ2n) is 7.23. The van der Waals surface area contributed by atoms with Gasteiger partial charge < -0.3 is 14.8 Å². The van der Waals surface area contributed by atoms with Gasteiger partial charge in [0.15, 0.2) is 6.61 Å². The van der Waals surface area contributed by atoms with Gasteiger partial charge in [-0.2, -0.15) is 13.2 Å². The second-order valence-corrected chi connectivity index (χ2v) is 7.23. The van der Waals surface area contributed by atoms with Crippen molar-refractivity contribution in [3.8, 4) is 0 Å². The first-order chi connectivity index (χ1) is 13.1. The van der Waals surface area contributed by atoms with Crippen LogP contribution in [0.3, 0.4) is 0 Å². The van der Waals surface area contributed by atoms with Crippen LogP contribution in [0.5, 0.6) is 0 Å². The van der Waals surface area contributed by atoms with E-state index in [2.05, 4.69) is 16.1 Å². The molecular weight excluding hydrogens is 375 g/mol. The minimum atomic E-state index is -4.54. The number of nitrogens with one attached hydrogen (secondary N) is 1. The molecule has 0 aliphatic heterocycles. The Morgan fingerprint density at radius 1 is 1.14 bits per heavy atom. The molecule has 28 heavy (non-hydrogen) atoms. The monoisotopic (exact) mass is 401 g/mol. The molecule has 0 aromatic heterocycles. The molecule has 2 rings (SSSR count). The highest BCUT2D eigenvalue weighted by atomic mass is 19.4. The van der Waals surface area contributed by atoms with E-state index in [1.807, 2.05) is 26.0 Å². The van der Waals surface area contributed by atoms with Crippen LogP contribution < -0.4 is 5.32 Å². The standard InChI is InChI=1S/C20H26F3NO4/c1-13-3-4-15(14(2)11-13)5-10-18(25)28-17-8-6-16(7-9-17)24-19(26)27-12-20(21,22)23/h3-4,11,16-17H,5-10,12H2,1-2H3,(H,24,26). The van der Waals surface area contributed by atoms with E-state index >= 15 is 0 Å². The Bertz CT molecular complexity index is 683.